The van der Waals surface area contributed by atoms with Crippen LogP contribution >= 0.6 is 0 Å². The van der Waals surface area contributed by atoms with Crippen LogP contribution in [-0.2, 0) is 16.2 Å². The van der Waals surface area contributed by atoms with Gasteiger partial charge in [0.2, 0.25) is 15.9 Å². The lowest BCUT2D eigenvalue weighted by molar-refractivity contribution is -0.137. The summed E-state index contributed by atoms with van der Waals surface area (Å²) in [4.78, 5) is 12.4. The minimum Gasteiger partial charge on any atom is -0.473 e. The number of hydrogen-bond donors (Lipinski definition) is 0. The summed E-state index contributed by atoms with van der Waals surface area (Å²) < 4.78 is 84.0. The molecule has 1 fully saturated rings. The van der Waals surface area contributed by atoms with Crippen molar-refractivity contribution in [1.82, 2.24) is 19.3 Å². The fraction of sp³-hybridized carbons (Fsp3) is 0.318. The summed E-state index contributed by atoms with van der Waals surface area (Å²) in [5, 5.41) is 0. The first-order valence-corrected chi connectivity index (χ1v) is 12.1. The van der Waals surface area contributed by atoms with Crippen LogP contribution in [0.4, 0.5) is 17.6 Å². The quantitative estimate of drug-likeness (QED) is 0.493. The third kappa shape index (κ3) is 5.33. The Bertz CT molecular complexity index is 1280. The van der Waals surface area contributed by atoms with E-state index in [-0.39, 0.29) is 28.9 Å². The van der Waals surface area contributed by atoms with Crippen molar-refractivity contribution >= 4 is 10.0 Å². The molecule has 0 spiro atoms. The van der Waals surface area contributed by atoms with E-state index >= 15 is 0 Å². The molecule has 1 aliphatic rings. The van der Waals surface area contributed by atoms with Crippen LogP contribution in [0.2, 0.25) is 0 Å². The number of benzene rings is 1. The molecule has 7 nitrogen and oxygen atoms in total. The first kappa shape index (κ1) is 24.0. The van der Waals surface area contributed by atoms with Gasteiger partial charge in [0.25, 0.3) is 0 Å². The second kappa shape index (κ2) is 9.26. The molecule has 12 heteroatoms. The fourth-order valence-corrected chi connectivity index (χ4v) is 4.54. The number of alkyl halides is 3. The lowest BCUT2D eigenvalue weighted by atomic mass is 10.0. The van der Waals surface area contributed by atoms with Crippen molar-refractivity contribution in [1.29, 1.82) is 0 Å². The summed E-state index contributed by atoms with van der Waals surface area (Å²) in [5.41, 5.74) is -0.167. The number of rotatable bonds is 5. The standard InChI is InChI=1S/C22H20F4N4O3S/c1-34(31,32)30-10-7-16(8-11-30)33-19-13-28-20(14-2-4-15(5-3-14)22(24,25)26)21(29-19)17-6-9-27-12-18(17)23/h2-6,9,12-13,16H,7-8,10-11H2,1H3. The molecule has 1 aromatic carbocycles. The van der Waals surface area contributed by atoms with Crippen molar-refractivity contribution in [2.45, 2.75) is 25.1 Å². The maximum Gasteiger partial charge on any atom is 0.416 e. The molecule has 0 unspecified atom stereocenters. The molecular formula is C22H20F4N4O3S. The number of hydrogen-bond acceptors (Lipinski definition) is 6. The Morgan fingerprint density at radius 3 is 2.29 bits per heavy atom. The van der Waals surface area contributed by atoms with Crippen molar-refractivity contribution in [3.8, 4) is 28.4 Å². The number of sulfonamides is 1. The number of ether oxygens (including phenoxy) is 1. The van der Waals surface area contributed by atoms with E-state index in [0.717, 1.165) is 24.6 Å². The lowest BCUT2D eigenvalue weighted by Crippen LogP contribution is -2.41. The van der Waals surface area contributed by atoms with E-state index in [2.05, 4.69) is 15.0 Å². The second-order valence-corrected chi connectivity index (χ2v) is 9.80. The van der Waals surface area contributed by atoms with Crippen LogP contribution in [0.5, 0.6) is 5.88 Å². The van der Waals surface area contributed by atoms with Crippen molar-refractivity contribution in [2.75, 3.05) is 19.3 Å². The third-order valence-electron chi connectivity index (χ3n) is 5.42. The Hall–Kier alpha value is -3.12. The molecule has 3 heterocycles. The minimum atomic E-state index is -4.49. The van der Waals surface area contributed by atoms with E-state index < -0.39 is 27.6 Å². The zero-order valence-corrected chi connectivity index (χ0v) is 18.8. The maximum atomic E-state index is 14.6. The summed E-state index contributed by atoms with van der Waals surface area (Å²) >= 11 is 0. The first-order chi connectivity index (χ1) is 16.0. The Kier molecular flexibility index (Phi) is 6.54. The normalized spacial score (nSPS) is 15.9. The van der Waals surface area contributed by atoms with Gasteiger partial charge in [-0.05, 0) is 31.0 Å². The van der Waals surface area contributed by atoms with E-state index in [9.17, 15) is 26.0 Å². The summed E-state index contributed by atoms with van der Waals surface area (Å²) in [6.45, 7) is 0.596. The first-order valence-electron chi connectivity index (χ1n) is 10.3. The largest absolute Gasteiger partial charge is 0.473 e. The van der Waals surface area contributed by atoms with Gasteiger partial charge in [-0.1, -0.05) is 12.1 Å². The predicted octanol–water partition coefficient (Wildman–Crippen LogP) is 4.17. The molecule has 180 valence electrons. The van der Waals surface area contributed by atoms with Crippen LogP contribution in [-0.4, -0.2) is 53.1 Å². The molecule has 1 aliphatic heterocycles. The zero-order valence-electron chi connectivity index (χ0n) is 18.0. The number of halogens is 4. The van der Waals surface area contributed by atoms with Gasteiger partial charge in [-0.25, -0.2) is 27.1 Å². The van der Waals surface area contributed by atoms with Crippen molar-refractivity contribution in [3.63, 3.8) is 0 Å². The van der Waals surface area contributed by atoms with Crippen molar-refractivity contribution < 1.29 is 30.7 Å². The Labute approximate surface area is 193 Å². The highest BCUT2D eigenvalue weighted by Gasteiger charge is 2.30. The summed E-state index contributed by atoms with van der Waals surface area (Å²) in [6, 6.07) is 5.72. The highest BCUT2D eigenvalue weighted by Crippen LogP contribution is 2.35. The molecule has 0 N–H and O–H groups in total. The molecular weight excluding hydrogens is 476 g/mol. The number of piperidine rings is 1. The topological polar surface area (TPSA) is 85.3 Å². The molecule has 0 saturated carbocycles. The average molecular weight is 496 g/mol. The fourth-order valence-electron chi connectivity index (χ4n) is 3.67. The summed E-state index contributed by atoms with van der Waals surface area (Å²) in [7, 11) is -3.29. The van der Waals surface area contributed by atoms with Crippen LogP contribution in [0.15, 0.2) is 48.9 Å². The molecule has 34 heavy (non-hydrogen) atoms. The lowest BCUT2D eigenvalue weighted by Gasteiger charge is -2.30. The highest BCUT2D eigenvalue weighted by molar-refractivity contribution is 7.88. The van der Waals surface area contributed by atoms with Gasteiger partial charge in [0, 0.05) is 30.4 Å². The minimum absolute atomic E-state index is 0.0646. The van der Waals surface area contributed by atoms with Gasteiger partial charge in [0.05, 0.1) is 29.9 Å². The zero-order chi connectivity index (χ0) is 24.5. The van der Waals surface area contributed by atoms with Crippen LogP contribution in [0.3, 0.4) is 0 Å². The van der Waals surface area contributed by atoms with Gasteiger partial charge >= 0.3 is 6.18 Å². The molecule has 0 amide bonds. The SMILES string of the molecule is CS(=O)(=O)N1CCC(Oc2cnc(-c3ccc(C(F)(F)F)cc3)c(-c3ccncc3F)n2)CC1. The van der Waals surface area contributed by atoms with E-state index in [4.69, 9.17) is 4.74 Å². The van der Waals surface area contributed by atoms with Gasteiger partial charge in [-0.15, -0.1) is 0 Å². The molecule has 0 atom stereocenters. The van der Waals surface area contributed by atoms with Crippen molar-refractivity contribution in [3.05, 3.63) is 60.3 Å². The van der Waals surface area contributed by atoms with E-state index in [1.54, 1.807) is 0 Å². The Morgan fingerprint density at radius 1 is 1.03 bits per heavy atom. The summed E-state index contributed by atoms with van der Waals surface area (Å²) in [6.07, 6.45) is 0.900. The number of pyridine rings is 1. The summed E-state index contributed by atoms with van der Waals surface area (Å²) in [5.74, 6) is -0.580. The average Bonchev–Trinajstić information content (AvgIpc) is 2.79. The molecule has 0 bridgehead atoms. The van der Waals surface area contributed by atoms with Gasteiger partial charge < -0.3 is 4.74 Å². The molecule has 3 aromatic rings. The third-order valence-corrected chi connectivity index (χ3v) is 6.72. The second-order valence-electron chi connectivity index (χ2n) is 7.82. The van der Waals surface area contributed by atoms with E-state index in [1.807, 2.05) is 0 Å². The van der Waals surface area contributed by atoms with Crippen LogP contribution in [0, 0.1) is 5.82 Å². The van der Waals surface area contributed by atoms with Gasteiger partial charge in [-0.3, -0.25) is 4.98 Å². The predicted molar refractivity (Wildman–Crippen MR) is 116 cm³/mol. The molecule has 4 rings (SSSR count). The van der Waals surface area contributed by atoms with E-state index in [1.165, 1.54) is 34.9 Å². The molecule has 0 radical (unpaired) electrons. The van der Waals surface area contributed by atoms with Gasteiger partial charge in [0.1, 0.15) is 11.8 Å². The molecule has 0 aliphatic carbocycles. The van der Waals surface area contributed by atoms with Crippen LogP contribution < -0.4 is 4.74 Å². The Morgan fingerprint density at radius 2 is 1.71 bits per heavy atom. The van der Waals surface area contributed by atoms with Crippen LogP contribution in [0.25, 0.3) is 22.5 Å². The maximum absolute atomic E-state index is 14.6. The number of nitrogens with zero attached hydrogens (tertiary/aromatic N) is 4. The van der Waals surface area contributed by atoms with Crippen LogP contribution in [0.1, 0.15) is 18.4 Å². The van der Waals surface area contributed by atoms with Gasteiger partial charge in [0.15, 0.2) is 5.82 Å². The Balaban J connectivity index is 1.65. The highest BCUT2D eigenvalue weighted by atomic mass is 32.2. The van der Waals surface area contributed by atoms with Gasteiger partial charge in [-0.2, -0.15) is 13.2 Å². The monoisotopic (exact) mass is 496 g/mol. The van der Waals surface area contributed by atoms with E-state index in [0.29, 0.717) is 31.5 Å². The van der Waals surface area contributed by atoms with Crippen molar-refractivity contribution in [2.24, 2.45) is 0 Å². The molecule has 1 saturated heterocycles. The molecule has 2 aromatic heterocycles. The smallest absolute Gasteiger partial charge is 0.416 e. The number of aromatic nitrogens is 3.